The van der Waals surface area contributed by atoms with Crippen molar-refractivity contribution in [2.75, 3.05) is 6.67 Å². The fourth-order valence-corrected chi connectivity index (χ4v) is 1.37. The Morgan fingerprint density at radius 1 is 1.33 bits per heavy atom. The third-order valence-electron chi connectivity index (χ3n) is 1.96. The molecular formula is C7H7N5. The van der Waals surface area contributed by atoms with Crippen molar-refractivity contribution in [2.45, 2.75) is 0 Å². The Morgan fingerprint density at radius 2 is 2.33 bits per heavy atom. The van der Waals surface area contributed by atoms with Crippen LogP contribution in [0.15, 0.2) is 34.4 Å². The van der Waals surface area contributed by atoms with E-state index >= 15 is 0 Å². The van der Waals surface area contributed by atoms with Gasteiger partial charge in [-0.25, -0.2) is 20.0 Å². The first-order valence-electron chi connectivity index (χ1n) is 3.71. The zero-order chi connectivity index (χ0) is 7.97. The molecule has 0 amide bonds. The molecule has 5 nitrogen and oxygen atoms in total. The van der Waals surface area contributed by atoms with Gasteiger partial charge in [0, 0.05) is 12.4 Å². The summed E-state index contributed by atoms with van der Waals surface area (Å²) in [6, 6.07) is 0. The Bertz CT molecular complexity index is 327. The summed E-state index contributed by atoms with van der Waals surface area (Å²) in [4.78, 5) is 10.3. The fourth-order valence-electron chi connectivity index (χ4n) is 1.37. The largest absolute Gasteiger partial charge is 0.329 e. The van der Waals surface area contributed by atoms with Gasteiger partial charge < -0.3 is 4.90 Å². The minimum absolute atomic E-state index is 0.817. The summed E-state index contributed by atoms with van der Waals surface area (Å²) < 4.78 is 0. The summed E-state index contributed by atoms with van der Waals surface area (Å²) in [5.41, 5.74) is 0. The fraction of sp³-hybridized carbons (Fsp3) is 0.143. The maximum absolute atomic E-state index is 4.20. The molecule has 12 heavy (non-hydrogen) atoms. The monoisotopic (exact) mass is 161 g/mol. The topological polar surface area (TPSA) is 34.4 Å². The van der Waals surface area contributed by atoms with Crippen LogP contribution in [0.4, 0.5) is 0 Å². The molecular weight excluding hydrogens is 154 g/mol. The molecule has 0 fully saturated rings. The first-order valence-corrected chi connectivity index (χ1v) is 3.71. The summed E-state index contributed by atoms with van der Waals surface area (Å²) in [7, 11) is 0. The van der Waals surface area contributed by atoms with Crippen LogP contribution in [-0.4, -0.2) is 34.3 Å². The molecule has 0 saturated carbocycles. The van der Waals surface area contributed by atoms with Gasteiger partial charge in [-0.15, -0.1) is 0 Å². The number of aliphatic imine (C=N–C) groups is 2. The quantitative estimate of drug-likeness (QED) is 0.506. The van der Waals surface area contributed by atoms with E-state index < -0.39 is 0 Å². The average molecular weight is 161 g/mol. The lowest BCUT2D eigenvalue weighted by molar-refractivity contribution is 0.166. The van der Waals surface area contributed by atoms with Gasteiger partial charge in [-0.2, -0.15) is 0 Å². The van der Waals surface area contributed by atoms with Gasteiger partial charge >= 0.3 is 0 Å². The maximum Gasteiger partial charge on any atom is 0.167 e. The van der Waals surface area contributed by atoms with Crippen molar-refractivity contribution >= 4 is 12.7 Å². The minimum Gasteiger partial charge on any atom is -0.329 e. The van der Waals surface area contributed by atoms with E-state index in [1.807, 2.05) is 27.3 Å². The molecule has 0 aliphatic carbocycles. The van der Waals surface area contributed by atoms with Crippen molar-refractivity contribution in [3.05, 3.63) is 24.4 Å². The molecule has 3 aliphatic heterocycles. The van der Waals surface area contributed by atoms with E-state index in [1.54, 1.807) is 18.9 Å². The van der Waals surface area contributed by atoms with Gasteiger partial charge in [0.05, 0.1) is 6.20 Å². The van der Waals surface area contributed by atoms with Crippen LogP contribution in [0.3, 0.4) is 0 Å². The predicted molar refractivity (Wildman–Crippen MR) is 44.6 cm³/mol. The Balaban J connectivity index is 2.11. The highest BCUT2D eigenvalue weighted by Crippen LogP contribution is 2.23. The van der Waals surface area contributed by atoms with Crippen molar-refractivity contribution in [1.82, 2.24) is 14.9 Å². The highest BCUT2D eigenvalue weighted by atomic mass is 15.7. The molecule has 0 aromatic carbocycles. The second-order valence-corrected chi connectivity index (χ2v) is 2.73. The number of rotatable bonds is 0. The van der Waals surface area contributed by atoms with E-state index in [9.17, 15) is 0 Å². The second-order valence-electron chi connectivity index (χ2n) is 2.73. The number of nitrogens with zero attached hydrogens (tertiary/aromatic N) is 5. The molecule has 0 N–H and O–H groups in total. The number of hydrogen-bond donors (Lipinski definition) is 0. The van der Waals surface area contributed by atoms with Crippen molar-refractivity contribution in [3.63, 3.8) is 0 Å². The molecule has 0 spiro atoms. The highest BCUT2D eigenvalue weighted by molar-refractivity contribution is 5.77. The van der Waals surface area contributed by atoms with E-state index in [-0.39, 0.29) is 0 Å². The van der Waals surface area contributed by atoms with Gasteiger partial charge in [0.2, 0.25) is 0 Å². The zero-order valence-corrected chi connectivity index (χ0v) is 6.33. The van der Waals surface area contributed by atoms with Gasteiger partial charge in [0.15, 0.2) is 5.82 Å². The van der Waals surface area contributed by atoms with Gasteiger partial charge in [-0.3, -0.25) is 0 Å². The van der Waals surface area contributed by atoms with Gasteiger partial charge in [-0.05, 0) is 0 Å². The number of hydrazine groups is 1. The van der Waals surface area contributed by atoms with Crippen LogP contribution in [0.5, 0.6) is 0 Å². The molecule has 0 unspecified atom stereocenters. The molecule has 2 bridgehead atoms. The minimum atomic E-state index is 0.817. The lowest BCUT2D eigenvalue weighted by Gasteiger charge is -2.24. The summed E-state index contributed by atoms with van der Waals surface area (Å²) in [5, 5.41) is 3.91. The maximum atomic E-state index is 4.20. The van der Waals surface area contributed by atoms with Crippen LogP contribution in [0.25, 0.3) is 0 Å². The SMILES string of the molecule is C1=CN2C=C3N=CN(C=N1)N3C2. The standard InChI is InChI=1S/C7H7N5/c1-2-10-3-7-9-5-11(4-8-1)12(7)6-10/h1-5H,6H2. The van der Waals surface area contributed by atoms with Crippen molar-refractivity contribution < 1.29 is 0 Å². The summed E-state index contributed by atoms with van der Waals surface area (Å²) in [5.74, 6) is 0.966. The Morgan fingerprint density at radius 3 is 3.33 bits per heavy atom. The Labute approximate surface area is 69.6 Å². The van der Waals surface area contributed by atoms with Gasteiger partial charge in [0.1, 0.15) is 19.3 Å². The van der Waals surface area contributed by atoms with Crippen LogP contribution in [0.1, 0.15) is 0 Å². The molecule has 3 rings (SSSR count). The molecule has 60 valence electrons. The number of hydrogen-bond acceptors (Lipinski definition) is 5. The van der Waals surface area contributed by atoms with Gasteiger partial charge in [-0.1, -0.05) is 0 Å². The lowest BCUT2D eigenvalue weighted by Crippen LogP contribution is -2.37. The summed E-state index contributed by atoms with van der Waals surface area (Å²) in [6.45, 7) is 0.817. The van der Waals surface area contributed by atoms with Crippen molar-refractivity contribution in [3.8, 4) is 0 Å². The molecule has 0 radical (unpaired) electrons. The first-order chi connectivity index (χ1) is 5.93. The van der Waals surface area contributed by atoms with Crippen LogP contribution in [0, 0.1) is 0 Å². The van der Waals surface area contributed by atoms with Crippen molar-refractivity contribution in [1.29, 1.82) is 0 Å². The first kappa shape index (κ1) is 5.82. The summed E-state index contributed by atoms with van der Waals surface area (Å²) in [6.07, 6.45) is 9.18. The van der Waals surface area contributed by atoms with E-state index in [0.29, 0.717) is 0 Å². The lowest BCUT2D eigenvalue weighted by atomic mass is 10.7. The van der Waals surface area contributed by atoms with E-state index in [2.05, 4.69) is 9.98 Å². The van der Waals surface area contributed by atoms with Crippen LogP contribution < -0.4 is 0 Å². The molecule has 0 aromatic heterocycles. The molecule has 0 aromatic rings. The average Bonchev–Trinajstić information content (AvgIpc) is 2.57. The van der Waals surface area contributed by atoms with Crippen molar-refractivity contribution in [2.24, 2.45) is 9.98 Å². The Kier molecular flexibility index (Phi) is 0.910. The second kappa shape index (κ2) is 1.88. The smallest absolute Gasteiger partial charge is 0.167 e. The third-order valence-corrected chi connectivity index (χ3v) is 1.96. The van der Waals surface area contributed by atoms with E-state index in [1.165, 1.54) is 0 Å². The zero-order valence-electron chi connectivity index (χ0n) is 6.33. The molecule has 0 saturated heterocycles. The van der Waals surface area contributed by atoms with Crippen LogP contribution in [-0.2, 0) is 0 Å². The van der Waals surface area contributed by atoms with Crippen LogP contribution in [0.2, 0.25) is 0 Å². The molecule has 3 heterocycles. The number of fused-ring (bicyclic) bond motifs is 1. The predicted octanol–water partition coefficient (Wildman–Crippen LogP) is 0.132. The normalized spacial score (nSPS) is 23.3. The molecule has 0 atom stereocenters. The third kappa shape index (κ3) is 0.623. The van der Waals surface area contributed by atoms with E-state index in [4.69, 9.17) is 0 Å². The molecule has 3 aliphatic rings. The van der Waals surface area contributed by atoms with Gasteiger partial charge in [0.25, 0.3) is 0 Å². The highest BCUT2D eigenvalue weighted by Gasteiger charge is 2.27. The molecule has 5 heteroatoms. The Hall–Kier alpha value is -1.78. The summed E-state index contributed by atoms with van der Waals surface area (Å²) >= 11 is 0. The van der Waals surface area contributed by atoms with Crippen LogP contribution >= 0.6 is 0 Å². The van der Waals surface area contributed by atoms with E-state index in [0.717, 1.165) is 12.5 Å².